The quantitative estimate of drug-likeness (QED) is 0.801. The second-order valence-electron chi connectivity index (χ2n) is 5.07. The van der Waals surface area contributed by atoms with Crippen LogP contribution in [0.4, 0.5) is 0 Å². The van der Waals surface area contributed by atoms with Crippen LogP contribution in [0.15, 0.2) is 17.0 Å². The maximum atomic E-state index is 12.1. The first-order chi connectivity index (χ1) is 9.74. The van der Waals surface area contributed by atoms with Crippen molar-refractivity contribution in [3.63, 3.8) is 0 Å². The SMILES string of the molecule is CCCC1CC1NC(=O)c1cc(Cl)c(Cl)c(S(=O)(=O)Cl)c1. The molecule has 0 heterocycles. The third-order valence-electron chi connectivity index (χ3n) is 3.42. The van der Waals surface area contributed by atoms with E-state index in [1.807, 2.05) is 0 Å². The Bertz CT molecular complexity index is 675. The average Bonchev–Trinajstić information content (AvgIpc) is 3.09. The fourth-order valence-electron chi connectivity index (χ4n) is 2.24. The van der Waals surface area contributed by atoms with Crippen LogP contribution < -0.4 is 5.32 Å². The van der Waals surface area contributed by atoms with Gasteiger partial charge in [0, 0.05) is 22.3 Å². The summed E-state index contributed by atoms with van der Waals surface area (Å²) in [6.45, 7) is 2.09. The van der Waals surface area contributed by atoms with Gasteiger partial charge in [-0.15, -0.1) is 0 Å². The number of hydrogen-bond donors (Lipinski definition) is 1. The Balaban J connectivity index is 2.21. The lowest BCUT2D eigenvalue weighted by atomic mass is 10.2. The monoisotopic (exact) mass is 369 g/mol. The molecule has 1 aliphatic carbocycles. The van der Waals surface area contributed by atoms with Gasteiger partial charge in [0.15, 0.2) is 0 Å². The van der Waals surface area contributed by atoms with Gasteiger partial charge in [0.05, 0.1) is 10.0 Å². The molecule has 2 atom stereocenters. The molecule has 1 N–H and O–H groups in total. The van der Waals surface area contributed by atoms with Gasteiger partial charge >= 0.3 is 0 Å². The zero-order valence-electron chi connectivity index (χ0n) is 11.2. The highest BCUT2D eigenvalue weighted by atomic mass is 35.7. The van der Waals surface area contributed by atoms with Crippen LogP contribution in [0.3, 0.4) is 0 Å². The average molecular weight is 371 g/mol. The van der Waals surface area contributed by atoms with E-state index in [2.05, 4.69) is 12.2 Å². The van der Waals surface area contributed by atoms with Crippen LogP contribution >= 0.6 is 33.9 Å². The van der Waals surface area contributed by atoms with Crippen molar-refractivity contribution in [2.45, 2.75) is 37.1 Å². The molecule has 1 aliphatic rings. The predicted molar refractivity (Wildman–Crippen MR) is 83.8 cm³/mol. The molecule has 0 aromatic heterocycles. The van der Waals surface area contributed by atoms with Crippen LogP contribution in [0.2, 0.25) is 10.0 Å². The molecule has 8 heteroatoms. The zero-order chi connectivity index (χ0) is 15.8. The summed E-state index contributed by atoms with van der Waals surface area (Å²) in [5.41, 5.74) is 0.130. The Kier molecular flexibility index (Phi) is 5.08. The van der Waals surface area contributed by atoms with Crippen LogP contribution in [-0.2, 0) is 9.05 Å². The molecule has 1 amide bonds. The van der Waals surface area contributed by atoms with Gasteiger partial charge in [-0.1, -0.05) is 36.5 Å². The highest BCUT2D eigenvalue weighted by Gasteiger charge is 2.37. The van der Waals surface area contributed by atoms with Crippen molar-refractivity contribution in [3.05, 3.63) is 27.7 Å². The number of rotatable bonds is 5. The number of carbonyl (C=O) groups is 1. The molecule has 116 valence electrons. The molecule has 0 saturated heterocycles. The Labute approximate surface area is 138 Å². The molecule has 0 spiro atoms. The van der Waals surface area contributed by atoms with Crippen molar-refractivity contribution in [1.82, 2.24) is 5.32 Å². The van der Waals surface area contributed by atoms with E-state index in [4.69, 9.17) is 33.9 Å². The third kappa shape index (κ3) is 4.03. The van der Waals surface area contributed by atoms with Gasteiger partial charge in [-0.2, -0.15) is 0 Å². The number of nitrogens with one attached hydrogen (secondary N) is 1. The smallest absolute Gasteiger partial charge is 0.262 e. The summed E-state index contributed by atoms with van der Waals surface area (Å²) in [7, 11) is 1.22. The lowest BCUT2D eigenvalue weighted by Gasteiger charge is -2.08. The number of carbonyl (C=O) groups excluding carboxylic acids is 1. The second-order valence-corrected chi connectivity index (χ2v) is 8.39. The van der Waals surface area contributed by atoms with Crippen LogP contribution in [-0.4, -0.2) is 20.4 Å². The van der Waals surface area contributed by atoms with Crippen LogP contribution in [0.25, 0.3) is 0 Å². The van der Waals surface area contributed by atoms with Gasteiger partial charge in [0.2, 0.25) is 0 Å². The first kappa shape index (κ1) is 16.9. The predicted octanol–water partition coefficient (Wildman–Crippen LogP) is 3.84. The molecule has 1 aromatic carbocycles. The summed E-state index contributed by atoms with van der Waals surface area (Å²) in [4.78, 5) is 11.8. The fourth-order valence-corrected chi connectivity index (χ4v) is 4.00. The fraction of sp³-hybridized carbons (Fsp3) is 0.462. The van der Waals surface area contributed by atoms with Crippen LogP contribution in [0, 0.1) is 5.92 Å². The zero-order valence-corrected chi connectivity index (χ0v) is 14.3. The first-order valence-electron chi connectivity index (χ1n) is 6.48. The Morgan fingerprint density at radius 3 is 2.62 bits per heavy atom. The molecular formula is C13H14Cl3NO3S. The highest BCUT2D eigenvalue weighted by Crippen LogP contribution is 2.36. The minimum Gasteiger partial charge on any atom is -0.349 e. The summed E-state index contributed by atoms with van der Waals surface area (Å²) in [6, 6.07) is 2.62. The van der Waals surface area contributed by atoms with E-state index in [9.17, 15) is 13.2 Å². The summed E-state index contributed by atoms with van der Waals surface area (Å²) < 4.78 is 22.9. The van der Waals surface area contributed by atoms with Crippen molar-refractivity contribution >= 4 is 48.8 Å². The second kappa shape index (κ2) is 6.32. The molecule has 1 saturated carbocycles. The summed E-state index contributed by atoms with van der Waals surface area (Å²) in [5.74, 6) is 0.122. The first-order valence-corrected chi connectivity index (χ1v) is 9.55. The Morgan fingerprint density at radius 1 is 1.38 bits per heavy atom. The number of benzene rings is 1. The molecule has 2 unspecified atom stereocenters. The van der Waals surface area contributed by atoms with E-state index in [1.165, 1.54) is 6.07 Å². The molecule has 2 rings (SSSR count). The molecular weight excluding hydrogens is 357 g/mol. The molecule has 0 bridgehead atoms. The minimum atomic E-state index is -4.07. The number of halogens is 3. The molecule has 0 aliphatic heterocycles. The van der Waals surface area contributed by atoms with Gasteiger partial charge < -0.3 is 5.32 Å². The van der Waals surface area contributed by atoms with E-state index in [0.717, 1.165) is 25.3 Å². The van der Waals surface area contributed by atoms with Crippen molar-refractivity contribution < 1.29 is 13.2 Å². The van der Waals surface area contributed by atoms with Gasteiger partial charge in [0.25, 0.3) is 15.0 Å². The lowest BCUT2D eigenvalue weighted by molar-refractivity contribution is 0.0948. The highest BCUT2D eigenvalue weighted by molar-refractivity contribution is 8.13. The van der Waals surface area contributed by atoms with Crippen LogP contribution in [0.5, 0.6) is 0 Å². The molecule has 0 radical (unpaired) electrons. The van der Waals surface area contributed by atoms with Gasteiger partial charge in [-0.25, -0.2) is 8.42 Å². The van der Waals surface area contributed by atoms with Crippen molar-refractivity contribution in [2.24, 2.45) is 5.92 Å². The molecule has 1 aromatic rings. The van der Waals surface area contributed by atoms with E-state index >= 15 is 0 Å². The third-order valence-corrected chi connectivity index (χ3v) is 5.68. The van der Waals surface area contributed by atoms with Crippen LogP contribution in [0.1, 0.15) is 36.5 Å². The number of hydrogen-bond acceptors (Lipinski definition) is 3. The van der Waals surface area contributed by atoms with Crippen molar-refractivity contribution in [2.75, 3.05) is 0 Å². The van der Waals surface area contributed by atoms with Crippen molar-refractivity contribution in [1.29, 1.82) is 0 Å². The summed E-state index contributed by atoms with van der Waals surface area (Å²) >= 11 is 11.7. The molecule has 4 nitrogen and oxygen atoms in total. The Hall–Kier alpha value is -0.490. The van der Waals surface area contributed by atoms with Gasteiger partial charge in [-0.05, 0) is 30.9 Å². The van der Waals surface area contributed by atoms with E-state index in [-0.39, 0.29) is 32.5 Å². The summed E-state index contributed by atoms with van der Waals surface area (Å²) in [6.07, 6.45) is 3.08. The minimum absolute atomic E-state index is 0.0237. The lowest BCUT2D eigenvalue weighted by Crippen LogP contribution is -2.27. The molecule has 21 heavy (non-hydrogen) atoms. The van der Waals surface area contributed by atoms with Crippen molar-refractivity contribution in [3.8, 4) is 0 Å². The van der Waals surface area contributed by atoms with E-state index in [0.29, 0.717) is 5.92 Å². The largest absolute Gasteiger partial charge is 0.349 e. The normalized spacial score (nSPS) is 21.1. The molecule has 1 fully saturated rings. The van der Waals surface area contributed by atoms with Gasteiger partial charge in [0.1, 0.15) is 4.90 Å². The maximum absolute atomic E-state index is 12.1. The topological polar surface area (TPSA) is 63.2 Å². The standard InChI is InChI=1S/C13H14Cl3NO3S/c1-2-3-7-5-10(7)17-13(18)8-4-9(14)12(15)11(6-8)21(16,19)20/h4,6-7,10H,2-3,5H2,1H3,(H,17,18). The van der Waals surface area contributed by atoms with E-state index in [1.54, 1.807) is 0 Å². The maximum Gasteiger partial charge on any atom is 0.262 e. The summed E-state index contributed by atoms with van der Waals surface area (Å²) in [5, 5.41) is 2.65. The van der Waals surface area contributed by atoms with Gasteiger partial charge in [-0.3, -0.25) is 4.79 Å². The van der Waals surface area contributed by atoms with E-state index < -0.39 is 9.05 Å². The number of amides is 1. The Morgan fingerprint density at radius 2 is 2.05 bits per heavy atom.